The molecule has 0 saturated carbocycles. The molecule has 1 aliphatic heterocycles. The van der Waals surface area contributed by atoms with E-state index >= 15 is 0 Å². The number of halogens is 6. The van der Waals surface area contributed by atoms with Crippen LogP contribution in [0.1, 0.15) is 13.3 Å². The predicted octanol–water partition coefficient (Wildman–Crippen LogP) is 0.862. The number of methoxy groups -OCH3 is 1. The van der Waals surface area contributed by atoms with Gasteiger partial charge in [0.05, 0.1) is 18.2 Å². The molecule has 0 unspecified atom stereocenters. The molecule has 0 aliphatic carbocycles. The van der Waals surface area contributed by atoms with Crippen molar-refractivity contribution in [2.24, 2.45) is 0 Å². The van der Waals surface area contributed by atoms with E-state index in [-0.39, 0.29) is 6.42 Å². The summed E-state index contributed by atoms with van der Waals surface area (Å²) in [5.74, 6) is -4.68. The van der Waals surface area contributed by atoms with Gasteiger partial charge in [0.1, 0.15) is 0 Å². The van der Waals surface area contributed by atoms with Gasteiger partial charge >= 0.3 is 24.2 Å². The topological polar surface area (TPSA) is 76.7 Å². The highest BCUT2D eigenvalue weighted by atomic mass is 19.4. The van der Waals surface area contributed by atoms with E-state index in [1.165, 1.54) is 19.4 Å². The molecule has 0 bridgehead atoms. The van der Waals surface area contributed by atoms with Crippen LogP contribution in [0.2, 0.25) is 0 Å². The summed E-state index contributed by atoms with van der Waals surface area (Å²) in [6.45, 7) is 1.24. The second kappa shape index (κ2) is 6.91. The number of hydrogen-bond acceptors (Lipinski definition) is 4. The van der Waals surface area contributed by atoms with Crippen LogP contribution < -0.4 is 10.6 Å². The Kier molecular flexibility index (Phi) is 5.85. The van der Waals surface area contributed by atoms with Crippen LogP contribution in [-0.4, -0.2) is 55.8 Å². The Balaban J connectivity index is 2.93. The van der Waals surface area contributed by atoms with Gasteiger partial charge in [0.15, 0.2) is 6.29 Å². The lowest BCUT2D eigenvalue weighted by molar-refractivity contribution is -0.202. The minimum Gasteiger partial charge on any atom is -0.356 e. The van der Waals surface area contributed by atoms with Gasteiger partial charge in [-0.25, -0.2) is 0 Å². The molecule has 0 spiro atoms. The van der Waals surface area contributed by atoms with Crippen LogP contribution in [0.15, 0.2) is 0 Å². The second-order valence-electron chi connectivity index (χ2n) is 4.82. The Bertz CT molecular complexity index is 453. The lowest BCUT2D eigenvalue weighted by Crippen LogP contribution is -2.64. The van der Waals surface area contributed by atoms with E-state index in [0.717, 1.165) is 0 Å². The summed E-state index contributed by atoms with van der Waals surface area (Å²) in [6, 6.07) is -2.97. The van der Waals surface area contributed by atoms with Gasteiger partial charge in [-0.15, -0.1) is 0 Å². The molecule has 1 fully saturated rings. The minimum atomic E-state index is -5.23. The van der Waals surface area contributed by atoms with Crippen molar-refractivity contribution in [3.8, 4) is 0 Å². The molecule has 0 aromatic rings. The fraction of sp³-hybridized carbons (Fsp3) is 0.818. The highest BCUT2D eigenvalue weighted by molar-refractivity contribution is 5.83. The zero-order valence-corrected chi connectivity index (χ0v) is 11.9. The number of ether oxygens (including phenoxy) is 2. The standard InChI is InChI=1S/C11H14F6N2O4/c1-4-7(19-9(21)11(15,16)17)5(3-6(22-2)23-4)18-8(20)10(12,13)14/h4-7H,3H2,1-2H3,(H,18,20)(H,19,21)/t4-,5+,6+,7+/m1/s1. The Morgan fingerprint density at radius 1 is 1.04 bits per heavy atom. The Morgan fingerprint density at radius 3 is 1.96 bits per heavy atom. The third kappa shape index (κ3) is 5.23. The predicted molar refractivity (Wildman–Crippen MR) is 61.9 cm³/mol. The summed E-state index contributed by atoms with van der Waals surface area (Å²) < 4.78 is 83.8. The molecule has 12 heteroatoms. The highest BCUT2D eigenvalue weighted by Crippen LogP contribution is 2.24. The molecule has 6 nitrogen and oxygen atoms in total. The number of rotatable bonds is 3. The van der Waals surface area contributed by atoms with Crippen LogP contribution in [0.5, 0.6) is 0 Å². The van der Waals surface area contributed by atoms with Crippen LogP contribution in [0.4, 0.5) is 26.3 Å². The van der Waals surface area contributed by atoms with Gasteiger partial charge in [-0.05, 0) is 6.92 Å². The Hall–Kier alpha value is -1.56. The van der Waals surface area contributed by atoms with E-state index in [9.17, 15) is 35.9 Å². The number of carbonyl (C=O) groups is 2. The average Bonchev–Trinajstić information content (AvgIpc) is 2.39. The fourth-order valence-electron chi connectivity index (χ4n) is 2.06. The first-order chi connectivity index (χ1) is 10.4. The lowest BCUT2D eigenvalue weighted by Gasteiger charge is -2.40. The summed E-state index contributed by atoms with van der Waals surface area (Å²) in [5, 5.41) is 3.09. The van der Waals surface area contributed by atoms with Gasteiger partial charge in [0, 0.05) is 13.5 Å². The SMILES string of the molecule is CO[C@@H]1C[C@H](NC(=O)C(F)(F)F)[C@@H](NC(=O)C(F)(F)F)[C@@H](C)O1. The number of alkyl halides is 6. The summed E-state index contributed by atoms with van der Waals surface area (Å²) in [7, 11) is 1.18. The molecule has 23 heavy (non-hydrogen) atoms. The second-order valence-corrected chi connectivity index (χ2v) is 4.82. The quantitative estimate of drug-likeness (QED) is 0.739. The van der Waals surface area contributed by atoms with E-state index in [4.69, 9.17) is 9.47 Å². The molecule has 4 atom stereocenters. The van der Waals surface area contributed by atoms with Crippen LogP contribution in [0.3, 0.4) is 0 Å². The zero-order chi connectivity index (χ0) is 18.0. The maximum Gasteiger partial charge on any atom is 0.471 e. The molecular weight excluding hydrogens is 338 g/mol. The van der Waals surface area contributed by atoms with Crippen LogP contribution in [0.25, 0.3) is 0 Å². The van der Waals surface area contributed by atoms with Gasteiger partial charge in [0.25, 0.3) is 0 Å². The summed E-state index contributed by atoms with van der Waals surface area (Å²) in [4.78, 5) is 22.0. The van der Waals surface area contributed by atoms with E-state index in [1.807, 2.05) is 0 Å². The maximum absolute atomic E-state index is 12.3. The summed E-state index contributed by atoms with van der Waals surface area (Å²) in [5.41, 5.74) is 0. The molecule has 1 heterocycles. The zero-order valence-electron chi connectivity index (χ0n) is 11.9. The number of hydrogen-bond donors (Lipinski definition) is 2. The van der Waals surface area contributed by atoms with Crippen molar-refractivity contribution in [2.45, 2.75) is 50.2 Å². The summed E-state index contributed by atoms with van der Waals surface area (Å²) in [6.07, 6.45) is -13.0. The van der Waals surface area contributed by atoms with Crippen molar-refractivity contribution < 1.29 is 45.4 Å². The van der Waals surface area contributed by atoms with Crippen LogP contribution in [-0.2, 0) is 19.1 Å². The molecule has 0 aromatic heterocycles. The third-order valence-electron chi connectivity index (χ3n) is 3.14. The fourth-order valence-corrected chi connectivity index (χ4v) is 2.06. The lowest BCUT2D eigenvalue weighted by atomic mass is 9.96. The van der Waals surface area contributed by atoms with E-state index < -0.39 is 48.6 Å². The van der Waals surface area contributed by atoms with Gasteiger partial charge in [-0.2, -0.15) is 26.3 Å². The van der Waals surface area contributed by atoms with Gasteiger partial charge < -0.3 is 20.1 Å². The molecule has 1 aliphatic rings. The van der Waals surface area contributed by atoms with Crippen molar-refractivity contribution in [2.75, 3.05) is 7.11 Å². The average molecular weight is 352 g/mol. The Morgan fingerprint density at radius 2 is 1.52 bits per heavy atom. The summed E-state index contributed by atoms with van der Waals surface area (Å²) >= 11 is 0. The molecule has 0 radical (unpaired) electrons. The molecule has 134 valence electrons. The number of nitrogens with one attached hydrogen (secondary N) is 2. The molecule has 0 aromatic carbocycles. The van der Waals surface area contributed by atoms with Crippen molar-refractivity contribution >= 4 is 11.8 Å². The first kappa shape index (κ1) is 19.5. The van der Waals surface area contributed by atoms with Gasteiger partial charge in [-0.1, -0.05) is 0 Å². The maximum atomic E-state index is 12.3. The van der Waals surface area contributed by atoms with E-state index in [1.54, 1.807) is 5.32 Å². The monoisotopic (exact) mass is 352 g/mol. The highest BCUT2D eigenvalue weighted by Gasteiger charge is 2.47. The van der Waals surface area contributed by atoms with Crippen molar-refractivity contribution in [3.05, 3.63) is 0 Å². The van der Waals surface area contributed by atoms with E-state index in [0.29, 0.717) is 0 Å². The largest absolute Gasteiger partial charge is 0.471 e. The Labute approximate surface area is 126 Å². The normalized spacial score (nSPS) is 29.0. The van der Waals surface area contributed by atoms with Gasteiger partial charge in [0.2, 0.25) is 0 Å². The molecular formula is C11H14F6N2O4. The van der Waals surface area contributed by atoms with Gasteiger partial charge in [-0.3, -0.25) is 9.59 Å². The smallest absolute Gasteiger partial charge is 0.356 e. The molecule has 1 saturated heterocycles. The molecule has 2 amide bonds. The van der Waals surface area contributed by atoms with Crippen LogP contribution in [0, 0.1) is 0 Å². The third-order valence-corrected chi connectivity index (χ3v) is 3.14. The minimum absolute atomic E-state index is 0.370. The number of amides is 2. The van der Waals surface area contributed by atoms with E-state index in [2.05, 4.69) is 0 Å². The molecule has 1 rings (SSSR count). The first-order valence-corrected chi connectivity index (χ1v) is 6.30. The van der Waals surface area contributed by atoms with Crippen molar-refractivity contribution in [3.63, 3.8) is 0 Å². The molecule has 2 N–H and O–H groups in total. The van der Waals surface area contributed by atoms with Crippen molar-refractivity contribution in [1.82, 2.24) is 10.6 Å². The number of carbonyl (C=O) groups excluding carboxylic acids is 2. The first-order valence-electron chi connectivity index (χ1n) is 6.30. The van der Waals surface area contributed by atoms with Crippen LogP contribution >= 0.6 is 0 Å². The van der Waals surface area contributed by atoms with Crippen molar-refractivity contribution in [1.29, 1.82) is 0 Å².